The van der Waals surface area contributed by atoms with Crippen molar-refractivity contribution in [2.24, 2.45) is 5.92 Å². The molecule has 0 bridgehead atoms. The van der Waals surface area contributed by atoms with Crippen molar-refractivity contribution in [2.45, 2.75) is 38.3 Å². The predicted molar refractivity (Wildman–Crippen MR) is 208 cm³/mol. The number of amides is 3. The lowest BCUT2D eigenvalue weighted by Gasteiger charge is -2.40. The second-order valence-electron chi connectivity index (χ2n) is 15.2. The first-order valence-corrected chi connectivity index (χ1v) is 19.2. The smallest absolute Gasteiger partial charge is 0.255 e. The fraction of sp³-hybridized carbons (Fsp3) is 0.341. The summed E-state index contributed by atoms with van der Waals surface area (Å²) in [6.07, 6.45) is 2.97. The van der Waals surface area contributed by atoms with Crippen LogP contribution in [-0.4, -0.2) is 91.1 Å². The van der Waals surface area contributed by atoms with Gasteiger partial charge in [-0.3, -0.25) is 24.6 Å². The third kappa shape index (κ3) is 6.59. The molecule has 3 saturated heterocycles. The molecule has 3 fully saturated rings. The van der Waals surface area contributed by atoms with Gasteiger partial charge in [0.1, 0.15) is 24.1 Å². The molecule has 0 spiro atoms. The molecule has 0 saturated carbocycles. The van der Waals surface area contributed by atoms with Crippen LogP contribution < -0.4 is 19.9 Å². The monoisotopic (exact) mass is 723 g/mol. The number of anilines is 2. The number of carbonyl (C=O) groups is 3. The van der Waals surface area contributed by atoms with E-state index in [2.05, 4.69) is 74.6 Å². The van der Waals surface area contributed by atoms with E-state index < -0.39 is 6.04 Å². The fourth-order valence-electron chi connectivity index (χ4n) is 8.94. The van der Waals surface area contributed by atoms with Gasteiger partial charge in [0, 0.05) is 92.9 Å². The van der Waals surface area contributed by atoms with Crippen LogP contribution in [0.4, 0.5) is 11.4 Å². The van der Waals surface area contributed by atoms with Gasteiger partial charge in [-0.25, -0.2) is 0 Å². The molecule has 54 heavy (non-hydrogen) atoms. The minimum Gasteiger partial charge on any atom is -0.508 e. The number of phenolic OH excluding ortho intramolecular Hbond substituents is 1. The molecule has 10 nitrogen and oxygen atoms in total. The number of nitrogens with zero attached hydrogens (tertiary/aromatic N) is 4. The lowest BCUT2D eigenvalue weighted by molar-refractivity contribution is -0.136. The van der Waals surface area contributed by atoms with Crippen molar-refractivity contribution in [3.63, 3.8) is 0 Å². The van der Waals surface area contributed by atoms with Gasteiger partial charge >= 0.3 is 0 Å². The maximum atomic E-state index is 13.1. The first-order chi connectivity index (χ1) is 26.4. The zero-order chi connectivity index (χ0) is 36.8. The largest absolute Gasteiger partial charge is 0.508 e. The highest BCUT2D eigenvalue weighted by Gasteiger charge is 2.39. The van der Waals surface area contributed by atoms with E-state index in [9.17, 15) is 19.5 Å². The topological polar surface area (TPSA) is 106 Å². The average Bonchev–Trinajstić information content (AvgIpc) is 3.53. The number of piperidine rings is 2. The molecule has 5 aliphatic heterocycles. The van der Waals surface area contributed by atoms with Crippen LogP contribution in [0.2, 0.25) is 0 Å². The summed E-state index contributed by atoms with van der Waals surface area (Å²) in [5.74, 6) is 0.809. The van der Waals surface area contributed by atoms with E-state index in [4.69, 9.17) is 4.74 Å². The Balaban J connectivity index is 0.790. The third-order valence-corrected chi connectivity index (χ3v) is 11.9. The van der Waals surface area contributed by atoms with E-state index in [1.165, 1.54) is 18.5 Å². The summed E-state index contributed by atoms with van der Waals surface area (Å²) >= 11 is 0. The summed E-state index contributed by atoms with van der Waals surface area (Å²) in [7, 11) is 0. The van der Waals surface area contributed by atoms with Crippen molar-refractivity contribution < 1.29 is 24.2 Å². The Kier molecular flexibility index (Phi) is 9.06. The number of aromatic hydroxyl groups is 1. The average molecular weight is 724 g/mol. The second-order valence-corrected chi connectivity index (χ2v) is 15.2. The minimum absolute atomic E-state index is 0.127. The molecule has 3 amide bonds. The van der Waals surface area contributed by atoms with Gasteiger partial charge in [-0.05, 0) is 89.9 Å². The van der Waals surface area contributed by atoms with Gasteiger partial charge < -0.3 is 24.5 Å². The highest BCUT2D eigenvalue weighted by Crippen LogP contribution is 2.43. The number of nitrogens with one attached hydrogen (secondary N) is 1. The summed E-state index contributed by atoms with van der Waals surface area (Å²) < 4.78 is 6.11. The Hall–Kier alpha value is -5.61. The normalized spacial score (nSPS) is 20.9. The van der Waals surface area contributed by atoms with Crippen molar-refractivity contribution in [2.75, 3.05) is 62.2 Å². The molecule has 4 aromatic rings. The lowest BCUT2D eigenvalue weighted by Crippen LogP contribution is -2.52. The molecule has 0 aliphatic carbocycles. The highest BCUT2D eigenvalue weighted by atomic mass is 16.5. The Labute approximate surface area is 315 Å². The third-order valence-electron chi connectivity index (χ3n) is 11.9. The standard InChI is InChI=1S/C44H45N5O5/c50-35-11-13-37-40(25-35)54-28-38(30-4-2-1-3-5-30)42(37)31-6-8-33(9-7-31)47-18-16-29(17-19-47)26-46-20-22-48(23-21-46)34-10-12-36-32(24-34)27-49(44(36)53)39-14-15-41(51)45-43(39)52/h1-13,24-25,29,39,50H,14-23,26-28H2,(H,45,51,52). The second kappa shape index (κ2) is 14.3. The van der Waals surface area contributed by atoms with Gasteiger partial charge in [0.2, 0.25) is 11.8 Å². The Morgan fingerprint density at radius 3 is 2.20 bits per heavy atom. The maximum absolute atomic E-state index is 13.1. The SMILES string of the molecule is O=C1CCC(N2Cc3cc(N4CCN(CC5CCN(c6ccc(C7=C(c8ccccc8)COc8cc(O)ccc87)cc6)CC5)CC4)ccc3C2=O)C(=O)N1. The lowest BCUT2D eigenvalue weighted by atomic mass is 9.87. The molecule has 5 heterocycles. The van der Waals surface area contributed by atoms with Gasteiger partial charge in [-0.1, -0.05) is 42.5 Å². The molecule has 10 heteroatoms. The minimum atomic E-state index is -0.591. The number of piperazine rings is 1. The number of hydrogen-bond acceptors (Lipinski definition) is 8. The van der Waals surface area contributed by atoms with E-state index in [0.29, 0.717) is 36.8 Å². The summed E-state index contributed by atoms with van der Waals surface area (Å²) in [4.78, 5) is 46.4. The molecular formula is C44H45N5O5. The molecular weight excluding hydrogens is 679 g/mol. The van der Waals surface area contributed by atoms with Gasteiger partial charge in [0.15, 0.2) is 0 Å². The number of ether oxygens (including phenoxy) is 1. The van der Waals surface area contributed by atoms with Crippen LogP contribution in [0.1, 0.15) is 58.3 Å². The number of carbonyl (C=O) groups excluding carboxylic acids is 3. The van der Waals surface area contributed by atoms with Crippen LogP contribution >= 0.6 is 0 Å². The first-order valence-electron chi connectivity index (χ1n) is 19.2. The first kappa shape index (κ1) is 34.2. The van der Waals surface area contributed by atoms with E-state index in [0.717, 1.165) is 84.9 Å². The number of phenols is 1. The summed E-state index contributed by atoms with van der Waals surface area (Å²) in [5, 5.41) is 12.5. The molecule has 1 unspecified atom stereocenters. The van der Waals surface area contributed by atoms with Crippen LogP contribution in [0.5, 0.6) is 11.5 Å². The summed E-state index contributed by atoms with van der Waals surface area (Å²) in [6, 6.07) is 30.2. The summed E-state index contributed by atoms with van der Waals surface area (Å²) in [5.41, 5.74) is 9.56. The quantitative estimate of drug-likeness (QED) is 0.240. The Morgan fingerprint density at radius 1 is 0.722 bits per heavy atom. The van der Waals surface area contributed by atoms with Crippen LogP contribution in [0, 0.1) is 5.92 Å². The van der Waals surface area contributed by atoms with Gasteiger partial charge in [-0.2, -0.15) is 0 Å². The van der Waals surface area contributed by atoms with Crippen molar-refractivity contribution >= 4 is 40.2 Å². The number of benzene rings is 4. The molecule has 0 radical (unpaired) electrons. The predicted octanol–water partition coefficient (Wildman–Crippen LogP) is 5.54. The molecule has 5 aliphatic rings. The van der Waals surface area contributed by atoms with E-state index in [1.807, 2.05) is 24.3 Å². The molecule has 276 valence electrons. The maximum Gasteiger partial charge on any atom is 0.255 e. The van der Waals surface area contributed by atoms with E-state index >= 15 is 0 Å². The van der Waals surface area contributed by atoms with Gasteiger partial charge in [0.25, 0.3) is 5.91 Å². The number of imide groups is 1. The summed E-state index contributed by atoms with van der Waals surface area (Å²) in [6.45, 7) is 7.95. The van der Waals surface area contributed by atoms with Crippen LogP contribution in [0.3, 0.4) is 0 Å². The molecule has 2 N–H and O–H groups in total. The Morgan fingerprint density at radius 2 is 1.44 bits per heavy atom. The van der Waals surface area contributed by atoms with E-state index in [-0.39, 0.29) is 29.9 Å². The van der Waals surface area contributed by atoms with Crippen molar-refractivity contribution in [3.8, 4) is 11.5 Å². The number of fused-ring (bicyclic) bond motifs is 2. The van der Waals surface area contributed by atoms with Crippen molar-refractivity contribution in [1.29, 1.82) is 0 Å². The number of hydrogen-bond donors (Lipinski definition) is 2. The van der Waals surface area contributed by atoms with Crippen LogP contribution in [-0.2, 0) is 16.1 Å². The molecule has 0 aromatic heterocycles. The molecule has 1 atom stereocenters. The van der Waals surface area contributed by atoms with Gasteiger partial charge in [0.05, 0.1) is 0 Å². The van der Waals surface area contributed by atoms with Crippen molar-refractivity contribution in [1.82, 2.24) is 15.1 Å². The molecule has 9 rings (SSSR count). The highest BCUT2D eigenvalue weighted by molar-refractivity contribution is 6.05. The van der Waals surface area contributed by atoms with Gasteiger partial charge in [-0.15, -0.1) is 0 Å². The Bertz CT molecular complexity index is 2120. The van der Waals surface area contributed by atoms with Crippen molar-refractivity contribution in [3.05, 3.63) is 119 Å². The zero-order valence-corrected chi connectivity index (χ0v) is 30.4. The number of rotatable bonds is 7. The zero-order valence-electron chi connectivity index (χ0n) is 30.4. The van der Waals surface area contributed by atoms with E-state index in [1.54, 1.807) is 17.0 Å². The van der Waals surface area contributed by atoms with Crippen LogP contribution in [0.15, 0.2) is 91.0 Å². The fourth-order valence-corrected chi connectivity index (χ4v) is 8.94. The molecule has 4 aromatic carbocycles. The van der Waals surface area contributed by atoms with Crippen LogP contribution in [0.25, 0.3) is 11.1 Å².